The fourth-order valence-corrected chi connectivity index (χ4v) is 5.32. The molecule has 4 saturated carbocycles. The first-order valence-corrected chi connectivity index (χ1v) is 8.41. The molecular formula is C15H21IO5. The molecule has 0 saturated heterocycles. The molecule has 4 bridgehead atoms. The smallest absolute Gasteiger partial charge is 0.341 e. The predicted molar refractivity (Wildman–Crippen MR) is 82.5 cm³/mol. The lowest BCUT2D eigenvalue weighted by Gasteiger charge is -2.61. The van der Waals surface area contributed by atoms with Crippen molar-refractivity contribution in [3.8, 4) is 0 Å². The van der Waals surface area contributed by atoms with Crippen molar-refractivity contribution in [2.24, 2.45) is 17.3 Å². The van der Waals surface area contributed by atoms with E-state index in [9.17, 15) is 9.59 Å². The molecule has 4 aliphatic carbocycles. The second-order valence-electron chi connectivity index (χ2n) is 7.16. The molecule has 4 rings (SSSR count). The molecule has 0 amide bonds. The summed E-state index contributed by atoms with van der Waals surface area (Å²) in [5.41, 5.74) is -0.154. The fourth-order valence-electron chi connectivity index (χ4n) is 5.19. The van der Waals surface area contributed by atoms with Crippen LogP contribution in [0.5, 0.6) is 0 Å². The van der Waals surface area contributed by atoms with Gasteiger partial charge in [-0.3, -0.25) is 4.79 Å². The van der Waals surface area contributed by atoms with E-state index in [-0.39, 0.29) is 29.6 Å². The molecule has 0 radical (unpaired) electrons. The van der Waals surface area contributed by atoms with Crippen LogP contribution in [0.1, 0.15) is 45.4 Å². The summed E-state index contributed by atoms with van der Waals surface area (Å²) >= 11 is 1.59. The largest absolute Gasteiger partial charge is 0.465 e. The standard InChI is InChI=1S/C15H21IO5/c1-10(17)19-9-14-3-11-2-12(4-14)6-15(5-11,8-14)20-7-13(18)21-16/h11-12H,2-9H2,1H3. The number of ether oxygens (including phenoxy) is 2. The summed E-state index contributed by atoms with van der Waals surface area (Å²) in [5, 5.41) is 0. The van der Waals surface area contributed by atoms with Gasteiger partial charge >= 0.3 is 11.9 Å². The second kappa shape index (κ2) is 5.68. The molecule has 21 heavy (non-hydrogen) atoms. The Balaban J connectivity index is 1.71. The Morgan fingerprint density at radius 2 is 1.86 bits per heavy atom. The number of hydrogen-bond donors (Lipinski definition) is 0. The molecule has 0 aromatic rings. The Morgan fingerprint density at radius 1 is 1.19 bits per heavy atom. The van der Waals surface area contributed by atoms with Crippen molar-refractivity contribution in [3.63, 3.8) is 0 Å². The molecule has 2 unspecified atom stereocenters. The van der Waals surface area contributed by atoms with Gasteiger partial charge in [-0.15, -0.1) is 0 Å². The SMILES string of the molecule is CC(=O)OCC12CC3CC(C1)CC(OCC(=O)OI)(C3)C2. The van der Waals surface area contributed by atoms with Crippen molar-refractivity contribution in [1.82, 2.24) is 0 Å². The molecule has 4 aliphatic rings. The Kier molecular flexibility index (Phi) is 4.20. The Labute approximate surface area is 138 Å². The first-order chi connectivity index (χ1) is 9.94. The molecule has 0 aliphatic heterocycles. The second-order valence-corrected chi connectivity index (χ2v) is 7.60. The summed E-state index contributed by atoms with van der Waals surface area (Å²) in [7, 11) is 0. The average Bonchev–Trinajstić information content (AvgIpc) is 2.41. The highest BCUT2D eigenvalue weighted by atomic mass is 127. The van der Waals surface area contributed by atoms with Gasteiger partial charge in [0, 0.05) is 12.3 Å². The highest BCUT2D eigenvalue weighted by Gasteiger charge is 2.58. The molecule has 0 aromatic heterocycles. The van der Waals surface area contributed by atoms with Crippen LogP contribution in [0.3, 0.4) is 0 Å². The molecule has 0 spiro atoms. The quantitative estimate of drug-likeness (QED) is 0.517. The average molecular weight is 408 g/mol. The zero-order valence-electron chi connectivity index (χ0n) is 12.2. The van der Waals surface area contributed by atoms with Crippen LogP contribution in [0, 0.1) is 17.3 Å². The third-order valence-corrected chi connectivity index (χ3v) is 5.78. The molecule has 0 N–H and O–H groups in total. The normalized spacial score (nSPS) is 40.1. The van der Waals surface area contributed by atoms with Gasteiger partial charge in [-0.25, -0.2) is 4.79 Å². The van der Waals surface area contributed by atoms with Gasteiger partial charge in [-0.05, 0) is 50.4 Å². The summed E-state index contributed by atoms with van der Waals surface area (Å²) in [6.07, 6.45) is 6.45. The van der Waals surface area contributed by atoms with Gasteiger partial charge in [0.2, 0.25) is 0 Å². The van der Waals surface area contributed by atoms with Crippen molar-refractivity contribution in [2.75, 3.05) is 13.2 Å². The Morgan fingerprint density at radius 3 is 2.43 bits per heavy atom. The number of carbonyl (C=O) groups excluding carboxylic acids is 2. The van der Waals surface area contributed by atoms with Crippen LogP contribution in [-0.2, 0) is 22.1 Å². The van der Waals surface area contributed by atoms with Crippen LogP contribution < -0.4 is 0 Å². The van der Waals surface area contributed by atoms with Crippen molar-refractivity contribution in [1.29, 1.82) is 0 Å². The van der Waals surface area contributed by atoms with Crippen molar-refractivity contribution < 1.29 is 22.1 Å². The molecule has 5 nitrogen and oxygen atoms in total. The highest BCUT2D eigenvalue weighted by Crippen LogP contribution is 2.62. The van der Waals surface area contributed by atoms with Gasteiger partial charge < -0.3 is 12.5 Å². The van der Waals surface area contributed by atoms with E-state index in [2.05, 4.69) is 3.07 Å². The van der Waals surface area contributed by atoms with E-state index in [1.54, 1.807) is 23.0 Å². The maximum absolute atomic E-state index is 11.4. The summed E-state index contributed by atoms with van der Waals surface area (Å²) in [4.78, 5) is 22.5. The fraction of sp³-hybridized carbons (Fsp3) is 0.867. The molecule has 0 aromatic carbocycles. The van der Waals surface area contributed by atoms with Crippen LogP contribution in [0.2, 0.25) is 0 Å². The van der Waals surface area contributed by atoms with Crippen LogP contribution in [-0.4, -0.2) is 30.8 Å². The van der Waals surface area contributed by atoms with Gasteiger partial charge in [-0.1, -0.05) is 0 Å². The van der Waals surface area contributed by atoms with E-state index in [1.807, 2.05) is 0 Å². The minimum atomic E-state index is -0.333. The first-order valence-electron chi connectivity index (χ1n) is 7.53. The lowest BCUT2D eigenvalue weighted by Crippen LogP contribution is -2.58. The summed E-state index contributed by atoms with van der Waals surface area (Å²) in [6, 6.07) is 0. The number of carbonyl (C=O) groups is 2. The maximum atomic E-state index is 11.4. The van der Waals surface area contributed by atoms with Gasteiger partial charge in [0.15, 0.2) is 23.0 Å². The van der Waals surface area contributed by atoms with E-state index in [4.69, 9.17) is 9.47 Å². The minimum Gasteiger partial charge on any atom is -0.465 e. The van der Waals surface area contributed by atoms with Gasteiger partial charge in [0.1, 0.15) is 6.61 Å². The van der Waals surface area contributed by atoms with E-state index in [0.717, 1.165) is 32.1 Å². The highest BCUT2D eigenvalue weighted by molar-refractivity contribution is 14.1. The first kappa shape index (κ1) is 15.5. The van der Waals surface area contributed by atoms with E-state index in [1.165, 1.54) is 13.3 Å². The number of rotatable bonds is 5. The van der Waals surface area contributed by atoms with E-state index >= 15 is 0 Å². The molecule has 0 heterocycles. The van der Waals surface area contributed by atoms with Crippen LogP contribution in [0.25, 0.3) is 0 Å². The lowest BCUT2D eigenvalue weighted by atomic mass is 9.48. The van der Waals surface area contributed by atoms with Gasteiger partial charge in [0.25, 0.3) is 0 Å². The lowest BCUT2D eigenvalue weighted by molar-refractivity contribution is -0.208. The zero-order valence-corrected chi connectivity index (χ0v) is 14.4. The molecule has 2 atom stereocenters. The third-order valence-electron chi connectivity index (χ3n) is 5.29. The van der Waals surface area contributed by atoms with Gasteiger partial charge in [-0.2, -0.15) is 0 Å². The minimum absolute atomic E-state index is 0.0199. The molecule has 118 valence electrons. The third kappa shape index (κ3) is 3.21. The van der Waals surface area contributed by atoms with Crippen LogP contribution in [0.4, 0.5) is 0 Å². The maximum Gasteiger partial charge on any atom is 0.341 e. The number of halogens is 1. The van der Waals surface area contributed by atoms with Crippen molar-refractivity contribution >= 4 is 34.9 Å². The summed E-state index contributed by atoms with van der Waals surface area (Å²) in [5.74, 6) is 0.726. The van der Waals surface area contributed by atoms with Crippen molar-refractivity contribution in [2.45, 2.75) is 51.0 Å². The predicted octanol–water partition coefficient (Wildman–Crippen LogP) is 2.80. The molecule has 6 heteroatoms. The Hall–Kier alpha value is -0.370. The van der Waals surface area contributed by atoms with Gasteiger partial charge in [0.05, 0.1) is 12.2 Å². The number of hydrogen-bond acceptors (Lipinski definition) is 5. The van der Waals surface area contributed by atoms with Crippen LogP contribution >= 0.6 is 23.0 Å². The van der Waals surface area contributed by atoms with E-state index in [0.29, 0.717) is 18.4 Å². The summed E-state index contributed by atoms with van der Waals surface area (Å²) in [6.45, 7) is 1.98. The number of esters is 1. The topological polar surface area (TPSA) is 61.8 Å². The zero-order chi connectivity index (χ0) is 15.1. The summed E-state index contributed by atoms with van der Waals surface area (Å²) < 4.78 is 16.0. The molecular weight excluding hydrogens is 387 g/mol. The van der Waals surface area contributed by atoms with Crippen molar-refractivity contribution in [3.05, 3.63) is 0 Å². The van der Waals surface area contributed by atoms with Crippen LogP contribution in [0.15, 0.2) is 0 Å². The monoisotopic (exact) mass is 408 g/mol. The molecule has 4 fully saturated rings. The van der Waals surface area contributed by atoms with E-state index < -0.39 is 0 Å². The Bertz CT molecular complexity index is 435.